The maximum atomic E-state index is 12.8. The lowest BCUT2D eigenvalue weighted by molar-refractivity contribution is 0.0787. The Morgan fingerprint density at radius 1 is 1.20 bits per heavy atom. The molecule has 1 amide bonds. The largest absolute Gasteiger partial charge is 0.392 e. The predicted octanol–water partition coefficient (Wildman–Crippen LogP) is 3.49. The Morgan fingerprint density at radius 2 is 2.00 bits per heavy atom. The van der Waals surface area contributed by atoms with Gasteiger partial charge in [0.25, 0.3) is 5.91 Å². The number of aliphatic hydroxyl groups is 1. The molecule has 1 saturated heterocycles. The molecule has 0 spiro atoms. The van der Waals surface area contributed by atoms with E-state index < -0.39 is 0 Å². The lowest BCUT2D eigenvalue weighted by atomic mass is 9.98. The second kappa shape index (κ2) is 6.94. The summed E-state index contributed by atoms with van der Waals surface area (Å²) in [6.07, 6.45) is 2.01. The third-order valence-corrected chi connectivity index (χ3v) is 5.67. The highest BCUT2D eigenvalue weighted by molar-refractivity contribution is 7.16. The van der Waals surface area contributed by atoms with Crippen LogP contribution in [0.5, 0.6) is 0 Å². The number of carbonyl (C=O) groups excluding carboxylic acids is 1. The summed E-state index contributed by atoms with van der Waals surface area (Å²) in [6.45, 7) is 1.70. The number of thiazole rings is 1. The van der Waals surface area contributed by atoms with Gasteiger partial charge in [0.05, 0.1) is 22.3 Å². The molecular formula is C20H20N2O2S. The Kier molecular flexibility index (Phi) is 4.51. The summed E-state index contributed by atoms with van der Waals surface area (Å²) in [5.74, 6) is 0.615. The van der Waals surface area contributed by atoms with Crippen molar-refractivity contribution in [2.75, 3.05) is 13.1 Å². The van der Waals surface area contributed by atoms with E-state index in [2.05, 4.69) is 17.1 Å². The van der Waals surface area contributed by atoms with Crippen LogP contribution in [0.25, 0.3) is 10.2 Å². The molecular weight excluding hydrogens is 332 g/mol. The number of benzene rings is 2. The van der Waals surface area contributed by atoms with E-state index >= 15 is 0 Å². The van der Waals surface area contributed by atoms with E-state index in [0.29, 0.717) is 5.92 Å². The molecule has 0 radical (unpaired) electrons. The fourth-order valence-electron chi connectivity index (χ4n) is 3.47. The van der Waals surface area contributed by atoms with Crippen molar-refractivity contribution in [3.8, 4) is 0 Å². The average molecular weight is 352 g/mol. The van der Waals surface area contributed by atoms with Gasteiger partial charge in [-0.2, -0.15) is 0 Å². The summed E-state index contributed by atoms with van der Waals surface area (Å²) < 4.78 is 1.06. The van der Waals surface area contributed by atoms with Crippen LogP contribution < -0.4 is 0 Å². The minimum atomic E-state index is 0.0795. The molecule has 1 aliphatic rings. The Labute approximate surface area is 150 Å². The molecule has 1 atom stereocenters. The number of amides is 1. The first-order chi connectivity index (χ1) is 12.2. The van der Waals surface area contributed by atoms with Crippen LogP contribution in [0.1, 0.15) is 27.9 Å². The van der Waals surface area contributed by atoms with Crippen LogP contribution in [0, 0.1) is 5.92 Å². The fourth-order valence-corrected chi connectivity index (χ4v) is 4.18. The van der Waals surface area contributed by atoms with Gasteiger partial charge >= 0.3 is 0 Å². The lowest BCUT2D eigenvalue weighted by Gasteiger charge is -2.17. The topological polar surface area (TPSA) is 53.4 Å². The Hall–Kier alpha value is -2.24. The highest BCUT2D eigenvalue weighted by Crippen LogP contribution is 2.25. The van der Waals surface area contributed by atoms with Gasteiger partial charge in [-0.3, -0.25) is 4.79 Å². The van der Waals surface area contributed by atoms with Gasteiger partial charge in [0.2, 0.25) is 0 Å². The van der Waals surface area contributed by atoms with Gasteiger partial charge in [0.15, 0.2) is 0 Å². The minimum absolute atomic E-state index is 0.0795. The monoisotopic (exact) mass is 352 g/mol. The second-order valence-electron chi connectivity index (χ2n) is 6.62. The summed E-state index contributed by atoms with van der Waals surface area (Å²) in [6, 6.07) is 13.9. The maximum Gasteiger partial charge on any atom is 0.253 e. The van der Waals surface area contributed by atoms with Gasteiger partial charge in [0, 0.05) is 18.7 Å². The van der Waals surface area contributed by atoms with Crippen molar-refractivity contribution in [1.29, 1.82) is 0 Å². The molecule has 5 heteroatoms. The van der Waals surface area contributed by atoms with Crippen molar-refractivity contribution in [2.45, 2.75) is 19.4 Å². The van der Waals surface area contributed by atoms with Gasteiger partial charge in [-0.05, 0) is 48.1 Å². The zero-order valence-corrected chi connectivity index (χ0v) is 14.7. The van der Waals surface area contributed by atoms with Crippen LogP contribution in [0.4, 0.5) is 0 Å². The summed E-state index contributed by atoms with van der Waals surface area (Å²) >= 11 is 1.57. The number of fused-ring (bicyclic) bond motifs is 1. The number of likely N-dealkylation sites (tertiary alicyclic amines) is 1. The second-order valence-corrected chi connectivity index (χ2v) is 7.51. The Bertz CT molecular complexity index is 888. The molecule has 2 heterocycles. The van der Waals surface area contributed by atoms with E-state index in [1.54, 1.807) is 11.3 Å². The standard InChI is InChI=1S/C20H20N2O2S/c23-12-15-3-1-14(2-4-15)9-16-7-8-22(11-16)20(24)17-5-6-18-19(10-17)25-13-21-18/h1-6,10,13,16,23H,7-9,11-12H2. The number of aliphatic hydroxyl groups excluding tert-OH is 1. The molecule has 128 valence electrons. The molecule has 1 aliphatic heterocycles. The number of hydrogen-bond acceptors (Lipinski definition) is 4. The van der Waals surface area contributed by atoms with E-state index in [1.165, 1.54) is 5.56 Å². The summed E-state index contributed by atoms with van der Waals surface area (Å²) in [4.78, 5) is 19.0. The average Bonchev–Trinajstić information content (AvgIpc) is 3.30. The van der Waals surface area contributed by atoms with Crippen LogP contribution in [0.3, 0.4) is 0 Å². The first kappa shape index (κ1) is 16.2. The zero-order chi connectivity index (χ0) is 17.2. The molecule has 25 heavy (non-hydrogen) atoms. The number of nitrogens with zero attached hydrogens (tertiary/aromatic N) is 2. The lowest BCUT2D eigenvalue weighted by Crippen LogP contribution is -2.28. The fraction of sp³-hybridized carbons (Fsp3) is 0.300. The Morgan fingerprint density at radius 3 is 2.80 bits per heavy atom. The van der Waals surface area contributed by atoms with Gasteiger partial charge in [-0.25, -0.2) is 4.98 Å². The smallest absolute Gasteiger partial charge is 0.253 e. The maximum absolute atomic E-state index is 12.8. The third-order valence-electron chi connectivity index (χ3n) is 4.88. The van der Waals surface area contributed by atoms with E-state index in [0.717, 1.165) is 47.3 Å². The third kappa shape index (κ3) is 3.43. The minimum Gasteiger partial charge on any atom is -0.392 e. The van der Waals surface area contributed by atoms with E-state index in [9.17, 15) is 4.79 Å². The predicted molar refractivity (Wildman–Crippen MR) is 99.7 cm³/mol. The summed E-state index contributed by atoms with van der Waals surface area (Å²) in [7, 11) is 0. The van der Waals surface area contributed by atoms with Gasteiger partial charge in [0.1, 0.15) is 0 Å². The normalized spacial score (nSPS) is 17.3. The van der Waals surface area contributed by atoms with Crippen molar-refractivity contribution in [1.82, 2.24) is 9.88 Å². The molecule has 1 N–H and O–H groups in total. The van der Waals surface area contributed by atoms with Crippen LogP contribution in [0.15, 0.2) is 48.0 Å². The van der Waals surface area contributed by atoms with Crippen molar-refractivity contribution in [2.24, 2.45) is 5.92 Å². The quantitative estimate of drug-likeness (QED) is 0.782. The molecule has 0 aliphatic carbocycles. The number of hydrogen-bond donors (Lipinski definition) is 1. The molecule has 4 rings (SSSR count). The van der Waals surface area contributed by atoms with Gasteiger partial charge < -0.3 is 10.0 Å². The molecule has 0 bridgehead atoms. The van der Waals surface area contributed by atoms with Crippen LogP contribution in [0.2, 0.25) is 0 Å². The number of aromatic nitrogens is 1. The van der Waals surface area contributed by atoms with Crippen molar-refractivity contribution < 1.29 is 9.90 Å². The molecule has 2 aromatic carbocycles. The van der Waals surface area contributed by atoms with Crippen molar-refractivity contribution in [3.63, 3.8) is 0 Å². The van der Waals surface area contributed by atoms with E-state index in [1.807, 2.05) is 40.7 Å². The van der Waals surface area contributed by atoms with E-state index in [4.69, 9.17) is 5.11 Å². The highest BCUT2D eigenvalue weighted by atomic mass is 32.1. The first-order valence-electron chi connectivity index (χ1n) is 8.54. The van der Waals surface area contributed by atoms with Crippen molar-refractivity contribution in [3.05, 3.63) is 64.7 Å². The molecule has 1 unspecified atom stereocenters. The van der Waals surface area contributed by atoms with Gasteiger partial charge in [-0.1, -0.05) is 24.3 Å². The first-order valence-corrected chi connectivity index (χ1v) is 9.42. The summed E-state index contributed by atoms with van der Waals surface area (Å²) in [5.41, 5.74) is 5.72. The summed E-state index contributed by atoms with van der Waals surface area (Å²) in [5, 5.41) is 9.12. The Balaban J connectivity index is 1.41. The van der Waals surface area contributed by atoms with Gasteiger partial charge in [-0.15, -0.1) is 11.3 Å². The van der Waals surface area contributed by atoms with E-state index in [-0.39, 0.29) is 12.5 Å². The van der Waals surface area contributed by atoms with Crippen LogP contribution >= 0.6 is 11.3 Å². The number of rotatable bonds is 4. The van der Waals surface area contributed by atoms with Crippen LogP contribution in [-0.4, -0.2) is 34.0 Å². The molecule has 3 aromatic rings. The molecule has 0 saturated carbocycles. The highest BCUT2D eigenvalue weighted by Gasteiger charge is 2.27. The zero-order valence-electron chi connectivity index (χ0n) is 13.9. The SMILES string of the molecule is O=C(c1ccc2ncsc2c1)N1CCC(Cc2ccc(CO)cc2)C1. The van der Waals surface area contributed by atoms with Crippen LogP contribution in [-0.2, 0) is 13.0 Å². The molecule has 4 nitrogen and oxygen atoms in total. The molecule has 1 fully saturated rings. The number of carbonyl (C=O) groups is 1. The van der Waals surface area contributed by atoms with Crippen molar-refractivity contribution >= 4 is 27.5 Å². The molecule has 1 aromatic heterocycles.